The molecule has 1 fully saturated rings. The molecule has 172 valence electrons. The number of imide groups is 2. The van der Waals surface area contributed by atoms with Gasteiger partial charge in [-0.15, -0.1) is 0 Å². The minimum atomic E-state index is -0.786. The van der Waals surface area contributed by atoms with Crippen molar-refractivity contribution in [1.29, 1.82) is 0 Å². The summed E-state index contributed by atoms with van der Waals surface area (Å²) in [6.45, 7) is 0.368. The Bertz CT molecular complexity index is 1490. The number of ether oxygens (including phenoxy) is 1. The number of urea groups is 1. The quantitative estimate of drug-likeness (QED) is 0.261. The van der Waals surface area contributed by atoms with Gasteiger partial charge < -0.3 is 4.74 Å². The van der Waals surface area contributed by atoms with Crippen LogP contribution in [0.25, 0.3) is 16.8 Å². The van der Waals surface area contributed by atoms with Crippen molar-refractivity contribution in [2.75, 3.05) is 4.90 Å². The third-order valence-electron chi connectivity index (χ3n) is 5.63. The largest absolute Gasteiger partial charge is 0.489 e. The summed E-state index contributed by atoms with van der Waals surface area (Å²) in [6.07, 6.45) is 1.46. The van der Waals surface area contributed by atoms with E-state index in [0.29, 0.717) is 23.6 Å². The minimum Gasteiger partial charge on any atom is -0.489 e. The normalized spacial score (nSPS) is 14.9. The highest BCUT2D eigenvalue weighted by atomic mass is 79.9. The number of hydrogen-bond donors (Lipinski definition) is 1. The van der Waals surface area contributed by atoms with Crippen LogP contribution in [0.5, 0.6) is 5.75 Å². The summed E-state index contributed by atoms with van der Waals surface area (Å²) >= 11 is 3.33. The van der Waals surface area contributed by atoms with Crippen LogP contribution in [0.3, 0.4) is 0 Å². The summed E-state index contributed by atoms with van der Waals surface area (Å²) in [6, 6.07) is 27.2. The van der Waals surface area contributed by atoms with Gasteiger partial charge in [-0.2, -0.15) is 0 Å². The van der Waals surface area contributed by atoms with Gasteiger partial charge in [0, 0.05) is 4.47 Å². The maximum atomic E-state index is 13.1. The number of halogens is 1. The molecule has 4 aromatic rings. The number of nitrogens with one attached hydrogen (secondary N) is 1. The maximum Gasteiger partial charge on any atom is 0.335 e. The van der Waals surface area contributed by atoms with E-state index in [2.05, 4.69) is 39.4 Å². The molecule has 0 bridgehead atoms. The lowest BCUT2D eigenvalue weighted by atomic mass is 10.1. The minimum absolute atomic E-state index is 0.140. The maximum absolute atomic E-state index is 13.1. The molecule has 0 radical (unpaired) electrons. The molecule has 0 saturated carbocycles. The molecule has 1 aliphatic rings. The summed E-state index contributed by atoms with van der Waals surface area (Å²) in [4.78, 5) is 38.9. The third kappa shape index (κ3) is 4.72. The van der Waals surface area contributed by atoms with Gasteiger partial charge in [0.1, 0.15) is 17.9 Å². The van der Waals surface area contributed by atoms with E-state index in [9.17, 15) is 14.4 Å². The van der Waals surface area contributed by atoms with E-state index >= 15 is 0 Å². The van der Waals surface area contributed by atoms with E-state index in [1.807, 2.05) is 30.3 Å². The van der Waals surface area contributed by atoms with Gasteiger partial charge in [0.25, 0.3) is 11.8 Å². The molecule has 0 atom stereocenters. The predicted molar refractivity (Wildman–Crippen MR) is 138 cm³/mol. The van der Waals surface area contributed by atoms with Crippen LogP contribution in [-0.2, 0) is 16.2 Å². The topological polar surface area (TPSA) is 75.7 Å². The van der Waals surface area contributed by atoms with Crippen LogP contribution in [0.2, 0.25) is 0 Å². The van der Waals surface area contributed by atoms with Crippen molar-refractivity contribution < 1.29 is 19.1 Å². The lowest BCUT2D eigenvalue weighted by molar-refractivity contribution is -0.122. The van der Waals surface area contributed by atoms with Crippen molar-refractivity contribution in [2.24, 2.45) is 0 Å². The average Bonchev–Trinajstić information content (AvgIpc) is 2.86. The number of fused-ring (bicyclic) bond motifs is 1. The fourth-order valence-electron chi connectivity index (χ4n) is 3.92. The second-order valence-corrected chi connectivity index (χ2v) is 8.85. The van der Waals surface area contributed by atoms with Crippen molar-refractivity contribution in [1.82, 2.24) is 5.32 Å². The molecule has 0 aromatic heterocycles. The Morgan fingerprint density at radius 3 is 2.43 bits per heavy atom. The van der Waals surface area contributed by atoms with Gasteiger partial charge in [0.05, 0.1) is 5.69 Å². The SMILES string of the molecule is O=C1NC(=O)N(c2ccc(Br)cc2)C(=O)/C1=C/c1cccc(OCc2cccc3ccccc23)c1. The Balaban J connectivity index is 1.39. The van der Waals surface area contributed by atoms with E-state index in [1.165, 1.54) is 6.08 Å². The Labute approximate surface area is 209 Å². The number of benzene rings is 4. The number of carbonyl (C=O) groups excluding carboxylic acids is 3. The van der Waals surface area contributed by atoms with Crippen LogP contribution >= 0.6 is 15.9 Å². The van der Waals surface area contributed by atoms with Crippen molar-refractivity contribution in [3.63, 3.8) is 0 Å². The first-order chi connectivity index (χ1) is 17.0. The van der Waals surface area contributed by atoms with Crippen molar-refractivity contribution >= 4 is 56.3 Å². The van der Waals surface area contributed by atoms with E-state index in [0.717, 1.165) is 25.7 Å². The standard InChI is InChI=1S/C28H19BrN2O4/c29-21-11-13-22(14-12-21)31-27(33)25(26(32)30-28(31)34)16-18-5-3-9-23(15-18)35-17-20-8-4-7-19-6-1-2-10-24(19)20/h1-16H,17H2,(H,30,32,34)/b25-16+. The molecule has 4 amide bonds. The second-order valence-electron chi connectivity index (χ2n) is 7.93. The summed E-state index contributed by atoms with van der Waals surface area (Å²) < 4.78 is 6.82. The Kier molecular flexibility index (Phi) is 6.16. The summed E-state index contributed by atoms with van der Waals surface area (Å²) in [5.41, 5.74) is 1.88. The molecule has 0 aliphatic carbocycles. The zero-order valence-corrected chi connectivity index (χ0v) is 20.0. The van der Waals surface area contributed by atoms with Gasteiger partial charge in [-0.3, -0.25) is 14.9 Å². The Morgan fingerprint density at radius 2 is 1.60 bits per heavy atom. The zero-order valence-electron chi connectivity index (χ0n) is 18.4. The summed E-state index contributed by atoms with van der Waals surface area (Å²) in [5.74, 6) is -0.838. The number of carbonyl (C=O) groups is 3. The number of amides is 4. The molecule has 6 nitrogen and oxygen atoms in total. The number of hydrogen-bond acceptors (Lipinski definition) is 4. The van der Waals surface area contributed by atoms with Crippen molar-refractivity contribution in [2.45, 2.75) is 6.61 Å². The average molecular weight is 527 g/mol. The van der Waals surface area contributed by atoms with Crippen LogP contribution < -0.4 is 15.0 Å². The molecule has 1 aliphatic heterocycles. The zero-order chi connectivity index (χ0) is 24.4. The van der Waals surface area contributed by atoms with E-state index in [4.69, 9.17) is 4.74 Å². The van der Waals surface area contributed by atoms with Crippen LogP contribution in [0.15, 0.2) is 101 Å². The van der Waals surface area contributed by atoms with Crippen LogP contribution in [0.4, 0.5) is 10.5 Å². The first-order valence-corrected chi connectivity index (χ1v) is 11.7. The molecular formula is C28H19BrN2O4. The highest BCUT2D eigenvalue weighted by Crippen LogP contribution is 2.25. The van der Waals surface area contributed by atoms with Gasteiger partial charge in [-0.05, 0) is 64.4 Å². The highest BCUT2D eigenvalue weighted by Gasteiger charge is 2.36. The van der Waals surface area contributed by atoms with Gasteiger partial charge in [-0.1, -0.05) is 70.5 Å². The third-order valence-corrected chi connectivity index (χ3v) is 6.16. The molecule has 7 heteroatoms. The first-order valence-electron chi connectivity index (χ1n) is 10.9. The van der Waals surface area contributed by atoms with Crippen LogP contribution in [0, 0.1) is 0 Å². The second kappa shape index (κ2) is 9.56. The monoisotopic (exact) mass is 526 g/mol. The molecule has 35 heavy (non-hydrogen) atoms. The van der Waals surface area contributed by atoms with Gasteiger partial charge >= 0.3 is 6.03 Å². The number of rotatable bonds is 5. The highest BCUT2D eigenvalue weighted by molar-refractivity contribution is 9.10. The lowest BCUT2D eigenvalue weighted by Crippen LogP contribution is -2.54. The predicted octanol–water partition coefficient (Wildman–Crippen LogP) is 5.85. The Hall–Kier alpha value is -4.23. The van der Waals surface area contributed by atoms with Gasteiger partial charge in [0.15, 0.2) is 0 Å². The summed E-state index contributed by atoms with van der Waals surface area (Å²) in [7, 11) is 0. The fourth-order valence-corrected chi connectivity index (χ4v) is 4.19. The number of barbiturate groups is 1. The molecular weight excluding hydrogens is 508 g/mol. The molecule has 1 saturated heterocycles. The summed E-state index contributed by atoms with van der Waals surface area (Å²) in [5, 5.41) is 4.50. The molecule has 0 spiro atoms. The van der Waals surface area contributed by atoms with E-state index < -0.39 is 17.8 Å². The van der Waals surface area contributed by atoms with Gasteiger partial charge in [-0.25, -0.2) is 9.69 Å². The van der Waals surface area contributed by atoms with Crippen molar-refractivity contribution in [3.05, 3.63) is 112 Å². The van der Waals surface area contributed by atoms with E-state index in [1.54, 1.807) is 42.5 Å². The smallest absolute Gasteiger partial charge is 0.335 e. The van der Waals surface area contributed by atoms with Gasteiger partial charge in [0.2, 0.25) is 0 Å². The number of nitrogens with zero attached hydrogens (tertiary/aromatic N) is 1. The Morgan fingerprint density at radius 1 is 0.857 bits per heavy atom. The van der Waals surface area contributed by atoms with Crippen LogP contribution in [0.1, 0.15) is 11.1 Å². The molecule has 1 N–H and O–H groups in total. The fraction of sp³-hybridized carbons (Fsp3) is 0.0357. The molecule has 5 rings (SSSR count). The number of anilines is 1. The lowest BCUT2D eigenvalue weighted by Gasteiger charge is -2.26. The van der Waals surface area contributed by atoms with Crippen molar-refractivity contribution in [3.8, 4) is 5.75 Å². The first kappa shape index (κ1) is 22.6. The molecule has 0 unspecified atom stereocenters. The van der Waals surface area contributed by atoms with E-state index in [-0.39, 0.29) is 5.57 Å². The molecule has 4 aromatic carbocycles. The molecule has 1 heterocycles. The van der Waals surface area contributed by atoms with Crippen LogP contribution in [-0.4, -0.2) is 17.8 Å².